The highest BCUT2D eigenvalue weighted by molar-refractivity contribution is 7.18. The van der Waals surface area contributed by atoms with E-state index in [9.17, 15) is 0 Å². The Morgan fingerprint density at radius 1 is 1.25 bits per heavy atom. The summed E-state index contributed by atoms with van der Waals surface area (Å²) in [6.45, 7) is 2.79. The first-order valence-corrected chi connectivity index (χ1v) is 6.99. The normalized spacial score (nSPS) is 10.7. The largest absolute Gasteiger partial charge is 0.420 e. The van der Waals surface area contributed by atoms with Crippen LogP contribution in [0.5, 0.6) is 0 Å². The van der Waals surface area contributed by atoms with Gasteiger partial charge in [-0.25, -0.2) is 4.98 Å². The molecule has 0 spiro atoms. The Bertz CT molecular complexity index is 707. The summed E-state index contributed by atoms with van der Waals surface area (Å²) in [5.74, 6) is 0.737. The van der Waals surface area contributed by atoms with Gasteiger partial charge in [0.25, 0.3) is 0 Å². The van der Waals surface area contributed by atoms with Crippen LogP contribution in [0, 0.1) is 0 Å². The summed E-state index contributed by atoms with van der Waals surface area (Å²) in [6, 6.07) is 9.61. The van der Waals surface area contributed by atoms with E-state index in [1.807, 2.05) is 37.3 Å². The van der Waals surface area contributed by atoms with E-state index < -0.39 is 0 Å². The molecule has 0 amide bonds. The monoisotopic (exact) mass is 287 g/mol. The van der Waals surface area contributed by atoms with Crippen molar-refractivity contribution in [2.45, 2.75) is 6.92 Å². The maximum absolute atomic E-state index is 5.88. The van der Waals surface area contributed by atoms with E-state index in [2.05, 4.69) is 20.5 Å². The Balaban J connectivity index is 1.96. The summed E-state index contributed by atoms with van der Waals surface area (Å²) in [4.78, 5) is 4.41. The summed E-state index contributed by atoms with van der Waals surface area (Å²) >= 11 is 1.40. The van der Waals surface area contributed by atoms with Gasteiger partial charge in [0.1, 0.15) is 0 Å². The van der Waals surface area contributed by atoms with Gasteiger partial charge in [-0.1, -0.05) is 29.5 Å². The molecular formula is C13H13N5OS. The second-order valence-electron chi connectivity index (χ2n) is 4.04. The number of hydrogen-bond acceptors (Lipinski definition) is 7. The van der Waals surface area contributed by atoms with Gasteiger partial charge >= 0.3 is 0 Å². The molecule has 2 aromatic heterocycles. The third-order valence-electron chi connectivity index (χ3n) is 2.63. The zero-order valence-corrected chi connectivity index (χ0v) is 11.6. The summed E-state index contributed by atoms with van der Waals surface area (Å²) in [5, 5.41) is 12.6. The molecular weight excluding hydrogens is 274 g/mol. The van der Waals surface area contributed by atoms with Crippen molar-refractivity contribution in [1.82, 2.24) is 15.2 Å². The lowest BCUT2D eigenvalue weighted by molar-refractivity contribution is 0.594. The number of nitrogens with two attached hydrogens (primary N) is 1. The van der Waals surface area contributed by atoms with Crippen LogP contribution in [0.3, 0.4) is 0 Å². The Morgan fingerprint density at radius 2 is 2.05 bits per heavy atom. The smallest absolute Gasteiger partial charge is 0.229 e. The van der Waals surface area contributed by atoms with Gasteiger partial charge in [-0.15, -0.1) is 10.2 Å². The lowest BCUT2D eigenvalue weighted by Crippen LogP contribution is -1.94. The zero-order chi connectivity index (χ0) is 13.9. The molecule has 0 aliphatic carbocycles. The first kappa shape index (κ1) is 12.6. The van der Waals surface area contributed by atoms with Crippen molar-refractivity contribution in [3.63, 3.8) is 0 Å². The van der Waals surface area contributed by atoms with Gasteiger partial charge in [0.05, 0.1) is 0 Å². The highest BCUT2D eigenvalue weighted by Crippen LogP contribution is 2.33. The first-order chi connectivity index (χ1) is 9.78. The number of rotatable bonds is 4. The maximum Gasteiger partial charge on any atom is 0.229 e. The molecule has 2 heterocycles. The molecule has 0 saturated heterocycles. The minimum absolute atomic E-state index is 0.253. The van der Waals surface area contributed by atoms with Crippen LogP contribution in [0.25, 0.3) is 22.2 Å². The highest BCUT2D eigenvalue weighted by atomic mass is 32.1. The number of nitrogens with one attached hydrogen (secondary N) is 1. The third kappa shape index (κ3) is 2.35. The molecule has 0 saturated carbocycles. The minimum Gasteiger partial charge on any atom is -0.420 e. The van der Waals surface area contributed by atoms with E-state index in [0.29, 0.717) is 16.6 Å². The number of anilines is 2. The fourth-order valence-corrected chi connectivity index (χ4v) is 2.54. The second-order valence-corrected chi connectivity index (χ2v) is 5.02. The first-order valence-electron chi connectivity index (χ1n) is 6.17. The topological polar surface area (TPSA) is 89.9 Å². The molecule has 102 valence electrons. The van der Waals surface area contributed by atoms with Gasteiger partial charge in [0, 0.05) is 12.1 Å². The quantitative estimate of drug-likeness (QED) is 0.767. The van der Waals surface area contributed by atoms with Gasteiger partial charge in [0.15, 0.2) is 10.7 Å². The molecule has 0 aliphatic heterocycles. The molecule has 3 aromatic rings. The van der Waals surface area contributed by atoms with E-state index in [-0.39, 0.29) is 5.88 Å². The number of aromatic nitrogens is 3. The SMILES string of the molecule is CCNc1nnc(-c2nc(-c3ccccc3)oc2N)s1. The van der Waals surface area contributed by atoms with Crippen LogP contribution in [0.1, 0.15) is 6.92 Å². The van der Waals surface area contributed by atoms with Crippen LogP contribution in [0.15, 0.2) is 34.7 Å². The minimum atomic E-state index is 0.253. The van der Waals surface area contributed by atoms with Crippen molar-refractivity contribution in [2.24, 2.45) is 0 Å². The van der Waals surface area contributed by atoms with Crippen molar-refractivity contribution in [2.75, 3.05) is 17.6 Å². The molecule has 0 bridgehead atoms. The van der Waals surface area contributed by atoms with Gasteiger partial charge in [-0.05, 0) is 19.1 Å². The number of benzene rings is 1. The molecule has 6 nitrogen and oxygen atoms in total. The summed E-state index contributed by atoms with van der Waals surface area (Å²) in [6.07, 6.45) is 0. The van der Waals surface area contributed by atoms with Crippen LogP contribution in [0.2, 0.25) is 0 Å². The van der Waals surface area contributed by atoms with Crippen molar-refractivity contribution in [3.8, 4) is 22.2 Å². The van der Waals surface area contributed by atoms with E-state index >= 15 is 0 Å². The lowest BCUT2D eigenvalue weighted by atomic mass is 10.2. The van der Waals surface area contributed by atoms with E-state index in [0.717, 1.165) is 17.2 Å². The molecule has 0 fully saturated rings. The molecule has 0 radical (unpaired) electrons. The fourth-order valence-electron chi connectivity index (χ4n) is 1.73. The average molecular weight is 287 g/mol. The zero-order valence-electron chi connectivity index (χ0n) is 10.8. The molecule has 7 heteroatoms. The fraction of sp³-hybridized carbons (Fsp3) is 0.154. The van der Waals surface area contributed by atoms with Crippen LogP contribution < -0.4 is 11.1 Å². The molecule has 3 rings (SSSR count). The van der Waals surface area contributed by atoms with Gasteiger partial charge in [-0.3, -0.25) is 0 Å². The van der Waals surface area contributed by atoms with E-state index in [1.54, 1.807) is 0 Å². The second kappa shape index (κ2) is 5.30. The number of nitrogen functional groups attached to an aromatic ring is 1. The van der Waals surface area contributed by atoms with Crippen molar-refractivity contribution < 1.29 is 4.42 Å². The summed E-state index contributed by atoms with van der Waals surface area (Å²) in [5.41, 5.74) is 7.29. The van der Waals surface area contributed by atoms with Crippen molar-refractivity contribution in [3.05, 3.63) is 30.3 Å². The molecule has 20 heavy (non-hydrogen) atoms. The standard InChI is InChI=1S/C13H13N5OS/c1-2-15-13-18-17-12(20-13)9-10(14)19-11(16-9)8-6-4-3-5-7-8/h3-7H,2,14H2,1H3,(H,15,18). The van der Waals surface area contributed by atoms with Crippen LogP contribution in [-0.4, -0.2) is 21.7 Å². The molecule has 0 unspecified atom stereocenters. The van der Waals surface area contributed by atoms with Gasteiger partial charge in [-0.2, -0.15) is 0 Å². The highest BCUT2D eigenvalue weighted by Gasteiger charge is 2.17. The molecule has 3 N–H and O–H groups in total. The summed E-state index contributed by atoms with van der Waals surface area (Å²) < 4.78 is 5.51. The molecule has 0 atom stereocenters. The summed E-state index contributed by atoms with van der Waals surface area (Å²) in [7, 11) is 0. The number of nitrogens with zero attached hydrogens (tertiary/aromatic N) is 3. The number of hydrogen-bond donors (Lipinski definition) is 2. The predicted octanol–water partition coefficient (Wildman–Crippen LogP) is 2.87. The number of oxazole rings is 1. The molecule has 0 aliphatic rings. The Labute approximate surface area is 119 Å². The van der Waals surface area contributed by atoms with Crippen molar-refractivity contribution in [1.29, 1.82) is 0 Å². The van der Waals surface area contributed by atoms with Gasteiger partial charge in [0.2, 0.25) is 16.9 Å². The van der Waals surface area contributed by atoms with Crippen LogP contribution in [0.4, 0.5) is 11.0 Å². The molecule has 1 aromatic carbocycles. The van der Waals surface area contributed by atoms with Crippen LogP contribution >= 0.6 is 11.3 Å². The van der Waals surface area contributed by atoms with Gasteiger partial charge < -0.3 is 15.5 Å². The van der Waals surface area contributed by atoms with Crippen LogP contribution in [-0.2, 0) is 0 Å². The maximum atomic E-state index is 5.88. The average Bonchev–Trinajstić information content (AvgIpc) is 3.07. The Kier molecular flexibility index (Phi) is 3.34. The Morgan fingerprint density at radius 3 is 2.80 bits per heavy atom. The van der Waals surface area contributed by atoms with E-state index in [1.165, 1.54) is 11.3 Å². The third-order valence-corrected chi connectivity index (χ3v) is 3.52. The van der Waals surface area contributed by atoms with E-state index in [4.69, 9.17) is 10.2 Å². The Hall–Kier alpha value is -2.41. The van der Waals surface area contributed by atoms with Crippen molar-refractivity contribution >= 4 is 22.4 Å². The predicted molar refractivity (Wildman–Crippen MR) is 79.4 cm³/mol. The lowest BCUT2D eigenvalue weighted by Gasteiger charge is -1.91.